The van der Waals surface area contributed by atoms with E-state index < -0.39 is 0 Å². The SMILES string of the molecule is COc1ccccc1-c1csc2nc(NC(=O)CCC(=O)c3ccc(C)cc3)nn12. The molecule has 1 amide bonds. The third-order valence-electron chi connectivity index (χ3n) is 4.67. The van der Waals surface area contributed by atoms with Gasteiger partial charge in [-0.2, -0.15) is 4.98 Å². The van der Waals surface area contributed by atoms with Crippen molar-refractivity contribution in [1.82, 2.24) is 14.6 Å². The van der Waals surface area contributed by atoms with Gasteiger partial charge < -0.3 is 4.74 Å². The number of anilines is 1. The average Bonchev–Trinajstić information content (AvgIpc) is 3.32. The summed E-state index contributed by atoms with van der Waals surface area (Å²) >= 11 is 1.42. The Kier molecular flexibility index (Phi) is 5.58. The molecule has 152 valence electrons. The number of benzene rings is 2. The van der Waals surface area contributed by atoms with Gasteiger partial charge in [0.15, 0.2) is 5.78 Å². The Hall–Kier alpha value is -3.52. The first-order valence-corrected chi connectivity index (χ1v) is 10.3. The van der Waals surface area contributed by atoms with Gasteiger partial charge in [0.25, 0.3) is 0 Å². The van der Waals surface area contributed by atoms with Gasteiger partial charge >= 0.3 is 0 Å². The number of aromatic nitrogens is 3. The van der Waals surface area contributed by atoms with Gasteiger partial charge in [-0.1, -0.05) is 42.0 Å². The lowest BCUT2D eigenvalue weighted by atomic mass is 10.1. The highest BCUT2D eigenvalue weighted by Crippen LogP contribution is 2.32. The van der Waals surface area contributed by atoms with Crippen molar-refractivity contribution in [3.05, 3.63) is 65.0 Å². The third-order valence-corrected chi connectivity index (χ3v) is 5.48. The Balaban J connectivity index is 1.44. The average molecular weight is 420 g/mol. The Labute approximate surface area is 177 Å². The molecule has 0 atom stereocenters. The summed E-state index contributed by atoms with van der Waals surface area (Å²) in [6.45, 7) is 1.96. The zero-order valence-electron chi connectivity index (χ0n) is 16.6. The van der Waals surface area contributed by atoms with Crippen LogP contribution in [0.3, 0.4) is 0 Å². The maximum absolute atomic E-state index is 12.3. The van der Waals surface area contributed by atoms with Crippen LogP contribution >= 0.6 is 11.3 Å². The molecule has 7 nitrogen and oxygen atoms in total. The smallest absolute Gasteiger partial charge is 0.250 e. The molecule has 0 aliphatic heterocycles. The molecule has 0 radical (unpaired) electrons. The largest absolute Gasteiger partial charge is 0.496 e. The molecule has 0 aliphatic rings. The molecule has 4 rings (SSSR count). The lowest BCUT2D eigenvalue weighted by Crippen LogP contribution is -2.14. The third kappa shape index (κ3) is 4.08. The summed E-state index contributed by atoms with van der Waals surface area (Å²) in [5.41, 5.74) is 3.41. The van der Waals surface area contributed by atoms with Gasteiger partial charge in [0.05, 0.1) is 12.8 Å². The number of fused-ring (bicyclic) bond motifs is 1. The maximum atomic E-state index is 12.3. The number of ether oxygens (including phenoxy) is 1. The fraction of sp³-hybridized carbons (Fsp3) is 0.182. The molecule has 0 unspecified atom stereocenters. The molecule has 0 aliphatic carbocycles. The minimum absolute atomic E-state index is 0.0672. The fourth-order valence-corrected chi connectivity index (χ4v) is 3.90. The molecule has 0 bridgehead atoms. The number of Topliss-reactive ketones (excluding diaryl/α,β-unsaturated/α-hetero) is 1. The molecule has 30 heavy (non-hydrogen) atoms. The van der Waals surface area contributed by atoms with Crippen molar-refractivity contribution >= 4 is 33.9 Å². The number of nitrogens with one attached hydrogen (secondary N) is 1. The zero-order valence-corrected chi connectivity index (χ0v) is 17.4. The Bertz CT molecular complexity index is 1210. The summed E-state index contributed by atoms with van der Waals surface area (Å²) in [4.78, 5) is 29.6. The van der Waals surface area contributed by atoms with E-state index in [-0.39, 0.29) is 30.5 Å². The first kappa shape index (κ1) is 19.8. The molecular weight excluding hydrogens is 400 g/mol. The molecular formula is C22H20N4O3S. The summed E-state index contributed by atoms with van der Waals surface area (Å²) in [5, 5.41) is 9.03. The van der Waals surface area contributed by atoms with Gasteiger partial charge in [0.1, 0.15) is 5.75 Å². The molecule has 0 saturated heterocycles. The Morgan fingerprint density at radius 1 is 1.10 bits per heavy atom. The van der Waals surface area contributed by atoms with Gasteiger partial charge in [0, 0.05) is 29.3 Å². The van der Waals surface area contributed by atoms with Crippen LogP contribution in [0.5, 0.6) is 5.75 Å². The van der Waals surface area contributed by atoms with Crippen LogP contribution in [0.2, 0.25) is 0 Å². The van der Waals surface area contributed by atoms with Crippen LogP contribution in [0.1, 0.15) is 28.8 Å². The van der Waals surface area contributed by atoms with Crippen LogP contribution in [0.15, 0.2) is 53.9 Å². The van der Waals surface area contributed by atoms with E-state index in [9.17, 15) is 9.59 Å². The first-order chi connectivity index (χ1) is 14.5. The van der Waals surface area contributed by atoms with E-state index in [0.717, 1.165) is 22.6 Å². The number of hydrogen-bond acceptors (Lipinski definition) is 6. The van der Waals surface area contributed by atoms with Crippen molar-refractivity contribution < 1.29 is 14.3 Å². The minimum Gasteiger partial charge on any atom is -0.496 e. The van der Waals surface area contributed by atoms with E-state index in [2.05, 4.69) is 15.4 Å². The van der Waals surface area contributed by atoms with Crippen LogP contribution in [-0.2, 0) is 4.79 Å². The molecule has 8 heteroatoms. The number of methoxy groups -OCH3 is 1. The van der Waals surface area contributed by atoms with Crippen molar-refractivity contribution in [3.63, 3.8) is 0 Å². The van der Waals surface area contributed by atoms with E-state index in [1.165, 1.54) is 11.3 Å². The van der Waals surface area contributed by atoms with E-state index in [4.69, 9.17) is 4.74 Å². The second kappa shape index (κ2) is 8.46. The highest BCUT2D eigenvalue weighted by molar-refractivity contribution is 7.15. The number of aryl methyl sites for hydroxylation is 1. The molecule has 2 aromatic carbocycles. The Morgan fingerprint density at radius 3 is 2.63 bits per heavy atom. The number of rotatable bonds is 7. The second-order valence-corrected chi connectivity index (χ2v) is 7.62. The first-order valence-electron chi connectivity index (χ1n) is 9.42. The number of para-hydroxylation sites is 1. The molecule has 4 aromatic rings. The summed E-state index contributed by atoms with van der Waals surface area (Å²) in [6.07, 6.45) is 0.197. The van der Waals surface area contributed by atoms with Crippen molar-refractivity contribution in [2.45, 2.75) is 19.8 Å². The molecule has 0 fully saturated rings. The van der Waals surface area contributed by atoms with Crippen molar-refractivity contribution in [2.24, 2.45) is 0 Å². The summed E-state index contributed by atoms with van der Waals surface area (Å²) in [7, 11) is 1.62. The zero-order chi connectivity index (χ0) is 21.1. The highest BCUT2D eigenvalue weighted by atomic mass is 32.1. The number of carbonyl (C=O) groups excluding carboxylic acids is 2. The predicted molar refractivity (Wildman–Crippen MR) is 116 cm³/mol. The quantitative estimate of drug-likeness (QED) is 0.449. The van der Waals surface area contributed by atoms with Crippen LogP contribution < -0.4 is 10.1 Å². The number of ketones is 1. The van der Waals surface area contributed by atoms with E-state index in [0.29, 0.717) is 10.5 Å². The Morgan fingerprint density at radius 2 is 1.87 bits per heavy atom. The number of nitrogens with zero attached hydrogens (tertiary/aromatic N) is 3. The van der Waals surface area contributed by atoms with Gasteiger partial charge in [0.2, 0.25) is 16.8 Å². The van der Waals surface area contributed by atoms with Gasteiger partial charge in [-0.05, 0) is 19.1 Å². The van der Waals surface area contributed by atoms with E-state index in [1.54, 1.807) is 23.8 Å². The number of thiazole rings is 1. The second-order valence-electron chi connectivity index (χ2n) is 6.79. The molecule has 1 N–H and O–H groups in total. The fourth-order valence-electron chi connectivity index (χ4n) is 3.07. The van der Waals surface area contributed by atoms with E-state index >= 15 is 0 Å². The summed E-state index contributed by atoms with van der Waals surface area (Å²) in [5.74, 6) is 0.577. The van der Waals surface area contributed by atoms with Gasteiger partial charge in [-0.25, -0.2) is 4.52 Å². The monoisotopic (exact) mass is 420 g/mol. The lowest BCUT2D eigenvalue weighted by molar-refractivity contribution is -0.116. The molecule has 2 heterocycles. The minimum atomic E-state index is -0.299. The van der Waals surface area contributed by atoms with Gasteiger partial charge in [-0.3, -0.25) is 14.9 Å². The highest BCUT2D eigenvalue weighted by Gasteiger charge is 2.16. The molecule has 0 saturated carbocycles. The number of hydrogen-bond donors (Lipinski definition) is 1. The van der Waals surface area contributed by atoms with Crippen LogP contribution in [0.25, 0.3) is 16.2 Å². The van der Waals surface area contributed by atoms with Crippen LogP contribution in [-0.4, -0.2) is 33.4 Å². The molecule has 2 aromatic heterocycles. The summed E-state index contributed by atoms with van der Waals surface area (Å²) in [6, 6.07) is 15.0. The van der Waals surface area contributed by atoms with Crippen molar-refractivity contribution in [1.29, 1.82) is 0 Å². The van der Waals surface area contributed by atoms with Crippen LogP contribution in [0, 0.1) is 6.92 Å². The lowest BCUT2D eigenvalue weighted by Gasteiger charge is -2.06. The molecule has 0 spiro atoms. The standard InChI is InChI=1S/C22H20N4O3S/c1-14-7-9-15(10-8-14)18(27)11-12-20(28)23-21-24-22-26(25-21)17(13-30-22)16-5-3-4-6-19(16)29-2/h3-10,13H,11-12H2,1-2H3,(H,23,25,28). The van der Waals surface area contributed by atoms with Crippen molar-refractivity contribution in [3.8, 4) is 17.0 Å². The number of carbonyl (C=O) groups is 2. The van der Waals surface area contributed by atoms with Crippen LogP contribution in [0.4, 0.5) is 5.95 Å². The predicted octanol–water partition coefficient (Wildman–Crippen LogP) is 4.38. The number of amides is 1. The maximum Gasteiger partial charge on any atom is 0.250 e. The van der Waals surface area contributed by atoms with E-state index in [1.807, 2.05) is 48.7 Å². The summed E-state index contributed by atoms with van der Waals surface area (Å²) < 4.78 is 7.10. The normalized spacial score (nSPS) is 10.9. The van der Waals surface area contributed by atoms with Crippen molar-refractivity contribution in [2.75, 3.05) is 12.4 Å². The topological polar surface area (TPSA) is 85.6 Å². The van der Waals surface area contributed by atoms with Gasteiger partial charge in [-0.15, -0.1) is 16.4 Å².